The molecule has 0 atom stereocenters. The van der Waals surface area contributed by atoms with Gasteiger partial charge in [-0.05, 0) is 43.7 Å². The fourth-order valence-electron chi connectivity index (χ4n) is 1.91. The van der Waals surface area contributed by atoms with E-state index in [1.54, 1.807) is 18.2 Å². The number of hydrogen-bond acceptors (Lipinski definition) is 4. The maximum absolute atomic E-state index is 12.3. The average Bonchev–Trinajstić information content (AvgIpc) is 2.90. The second-order valence-corrected chi connectivity index (χ2v) is 5.66. The van der Waals surface area contributed by atoms with Gasteiger partial charge >= 0.3 is 5.76 Å². The van der Waals surface area contributed by atoms with E-state index >= 15 is 0 Å². The number of oxazole rings is 1. The normalized spacial score (nSPS) is 11.1. The van der Waals surface area contributed by atoms with Crippen molar-refractivity contribution in [3.8, 4) is 0 Å². The standard InChI is InChI=1S/C14H11NO3S/c1-7-5-12(19-8(7)2)13(16)9-3-4-10-11(6-9)18-14(17)15-10/h3-6H,1-2H3,(H,15,17). The lowest BCUT2D eigenvalue weighted by Crippen LogP contribution is -1.97. The molecular formula is C14H11NO3S. The fourth-order valence-corrected chi connectivity index (χ4v) is 2.91. The summed E-state index contributed by atoms with van der Waals surface area (Å²) in [5.74, 6) is -0.561. The van der Waals surface area contributed by atoms with Crippen LogP contribution in [-0.4, -0.2) is 10.8 Å². The van der Waals surface area contributed by atoms with Gasteiger partial charge in [-0.15, -0.1) is 11.3 Å². The van der Waals surface area contributed by atoms with E-state index in [-0.39, 0.29) is 5.78 Å². The highest BCUT2D eigenvalue weighted by Gasteiger charge is 2.14. The van der Waals surface area contributed by atoms with E-state index in [0.29, 0.717) is 21.5 Å². The Morgan fingerprint density at radius 3 is 2.74 bits per heavy atom. The van der Waals surface area contributed by atoms with Gasteiger partial charge in [0.15, 0.2) is 5.58 Å². The minimum absolute atomic E-state index is 0.0491. The van der Waals surface area contributed by atoms with E-state index in [9.17, 15) is 9.59 Å². The Morgan fingerprint density at radius 2 is 2.05 bits per heavy atom. The Morgan fingerprint density at radius 1 is 1.26 bits per heavy atom. The molecular weight excluding hydrogens is 262 g/mol. The third-order valence-corrected chi connectivity index (χ3v) is 4.22. The van der Waals surface area contributed by atoms with Gasteiger partial charge in [0.25, 0.3) is 0 Å². The molecule has 1 N–H and O–H groups in total. The maximum atomic E-state index is 12.3. The first-order chi connectivity index (χ1) is 9.04. The number of thiophene rings is 1. The van der Waals surface area contributed by atoms with Crippen molar-refractivity contribution in [2.75, 3.05) is 0 Å². The fraction of sp³-hybridized carbons (Fsp3) is 0.143. The number of ketones is 1. The molecule has 1 aromatic carbocycles. The van der Waals surface area contributed by atoms with Crippen molar-refractivity contribution in [3.63, 3.8) is 0 Å². The van der Waals surface area contributed by atoms with E-state index in [2.05, 4.69) is 4.98 Å². The van der Waals surface area contributed by atoms with Crippen LogP contribution in [0.3, 0.4) is 0 Å². The number of benzene rings is 1. The van der Waals surface area contributed by atoms with E-state index in [1.807, 2.05) is 19.9 Å². The van der Waals surface area contributed by atoms with Crippen LogP contribution >= 0.6 is 11.3 Å². The molecule has 0 saturated heterocycles. The molecule has 0 fully saturated rings. The second kappa shape index (κ2) is 4.20. The first-order valence-electron chi connectivity index (χ1n) is 5.79. The summed E-state index contributed by atoms with van der Waals surface area (Å²) >= 11 is 1.48. The van der Waals surface area contributed by atoms with Gasteiger partial charge < -0.3 is 4.42 Å². The van der Waals surface area contributed by atoms with E-state index in [1.165, 1.54) is 11.3 Å². The molecule has 0 bridgehead atoms. The van der Waals surface area contributed by atoms with Crippen LogP contribution in [-0.2, 0) is 0 Å². The quantitative estimate of drug-likeness (QED) is 0.730. The average molecular weight is 273 g/mol. The molecule has 0 aliphatic carbocycles. The predicted molar refractivity (Wildman–Crippen MR) is 74.1 cm³/mol. The zero-order chi connectivity index (χ0) is 13.6. The number of H-pyrrole nitrogens is 1. The predicted octanol–water partition coefficient (Wildman–Crippen LogP) is 3.03. The molecule has 0 unspecified atom stereocenters. The number of carbonyl (C=O) groups excluding carboxylic acids is 1. The van der Waals surface area contributed by atoms with Crippen LogP contribution in [0.1, 0.15) is 25.7 Å². The number of aryl methyl sites for hydroxylation is 2. The van der Waals surface area contributed by atoms with Gasteiger partial charge in [0.1, 0.15) is 0 Å². The molecule has 3 rings (SSSR count). The van der Waals surface area contributed by atoms with Crippen LogP contribution in [0.5, 0.6) is 0 Å². The molecule has 3 aromatic rings. The summed E-state index contributed by atoms with van der Waals surface area (Å²) in [6, 6.07) is 6.86. The van der Waals surface area contributed by atoms with Gasteiger partial charge in [0.05, 0.1) is 10.4 Å². The smallest absolute Gasteiger partial charge is 0.408 e. The number of aromatic amines is 1. The molecule has 0 amide bonds. The highest BCUT2D eigenvalue weighted by molar-refractivity contribution is 7.14. The summed E-state index contributed by atoms with van der Waals surface area (Å²) in [7, 11) is 0. The zero-order valence-corrected chi connectivity index (χ0v) is 11.3. The minimum atomic E-state index is -0.512. The van der Waals surface area contributed by atoms with E-state index in [0.717, 1.165) is 10.4 Å². The molecule has 4 nitrogen and oxygen atoms in total. The summed E-state index contributed by atoms with van der Waals surface area (Å²) in [6.45, 7) is 3.97. The van der Waals surface area contributed by atoms with Gasteiger partial charge in [0.2, 0.25) is 5.78 Å². The highest BCUT2D eigenvalue weighted by atomic mass is 32.1. The first kappa shape index (κ1) is 11.9. The van der Waals surface area contributed by atoms with Crippen molar-refractivity contribution < 1.29 is 9.21 Å². The van der Waals surface area contributed by atoms with Crippen LogP contribution in [0.2, 0.25) is 0 Å². The van der Waals surface area contributed by atoms with Crippen LogP contribution < -0.4 is 5.76 Å². The van der Waals surface area contributed by atoms with Crippen LogP contribution in [0, 0.1) is 13.8 Å². The molecule has 0 radical (unpaired) electrons. The minimum Gasteiger partial charge on any atom is -0.408 e. The Hall–Kier alpha value is -2.14. The van der Waals surface area contributed by atoms with Crippen LogP contribution in [0.25, 0.3) is 11.1 Å². The molecule has 96 valence electrons. The summed E-state index contributed by atoms with van der Waals surface area (Å²) < 4.78 is 4.96. The summed E-state index contributed by atoms with van der Waals surface area (Å²) in [5.41, 5.74) is 2.64. The van der Waals surface area contributed by atoms with Crippen molar-refractivity contribution in [1.29, 1.82) is 0 Å². The van der Waals surface area contributed by atoms with Crippen molar-refractivity contribution >= 4 is 28.2 Å². The molecule has 5 heteroatoms. The SMILES string of the molecule is Cc1cc(C(=O)c2ccc3[nH]c(=O)oc3c2)sc1C. The van der Waals surface area contributed by atoms with Gasteiger partial charge in [-0.2, -0.15) is 0 Å². The largest absolute Gasteiger partial charge is 0.417 e. The van der Waals surface area contributed by atoms with Crippen molar-refractivity contribution in [1.82, 2.24) is 4.98 Å². The number of nitrogens with one attached hydrogen (secondary N) is 1. The third kappa shape index (κ3) is 2.02. The Kier molecular flexibility index (Phi) is 2.64. The third-order valence-electron chi connectivity index (χ3n) is 3.07. The maximum Gasteiger partial charge on any atom is 0.417 e. The van der Waals surface area contributed by atoms with E-state index < -0.39 is 5.76 Å². The number of rotatable bonds is 2. The van der Waals surface area contributed by atoms with Gasteiger partial charge in [-0.25, -0.2) is 4.79 Å². The summed E-state index contributed by atoms with van der Waals surface area (Å²) in [6.07, 6.45) is 0. The van der Waals surface area contributed by atoms with Crippen molar-refractivity contribution in [2.24, 2.45) is 0 Å². The monoisotopic (exact) mass is 273 g/mol. The van der Waals surface area contributed by atoms with Crippen molar-refractivity contribution in [2.45, 2.75) is 13.8 Å². The molecule has 0 saturated carbocycles. The zero-order valence-electron chi connectivity index (χ0n) is 10.4. The first-order valence-corrected chi connectivity index (χ1v) is 6.61. The number of aromatic nitrogens is 1. The lowest BCUT2D eigenvalue weighted by molar-refractivity contribution is 0.104. The number of fused-ring (bicyclic) bond motifs is 1. The Balaban J connectivity index is 2.08. The van der Waals surface area contributed by atoms with Gasteiger partial charge in [-0.1, -0.05) is 0 Å². The number of carbonyl (C=O) groups is 1. The van der Waals surface area contributed by atoms with Crippen LogP contribution in [0.4, 0.5) is 0 Å². The lowest BCUT2D eigenvalue weighted by atomic mass is 10.1. The van der Waals surface area contributed by atoms with Crippen LogP contribution in [0.15, 0.2) is 33.5 Å². The lowest BCUT2D eigenvalue weighted by Gasteiger charge is -1.97. The highest BCUT2D eigenvalue weighted by Crippen LogP contribution is 2.24. The number of hydrogen-bond donors (Lipinski definition) is 1. The summed E-state index contributed by atoms with van der Waals surface area (Å²) in [4.78, 5) is 27.8. The topological polar surface area (TPSA) is 63.1 Å². The van der Waals surface area contributed by atoms with Crippen molar-refractivity contribution in [3.05, 3.63) is 55.7 Å². The van der Waals surface area contributed by atoms with E-state index in [4.69, 9.17) is 4.42 Å². The molecule has 0 spiro atoms. The van der Waals surface area contributed by atoms with Gasteiger partial charge in [0, 0.05) is 10.4 Å². The molecule has 19 heavy (non-hydrogen) atoms. The molecule has 2 aromatic heterocycles. The molecule has 0 aliphatic heterocycles. The molecule has 2 heterocycles. The molecule has 0 aliphatic rings. The van der Waals surface area contributed by atoms with Gasteiger partial charge in [-0.3, -0.25) is 9.78 Å². The Bertz CT molecular complexity index is 818. The summed E-state index contributed by atoms with van der Waals surface area (Å²) in [5, 5.41) is 0. The second-order valence-electron chi connectivity index (χ2n) is 4.40. The Labute approximate surface area is 112 Å².